The molecule has 2 N–H and O–H groups in total. The molecule has 190 valence electrons. The number of aryl methyl sites for hydroxylation is 4. The Balaban J connectivity index is 1.62. The van der Waals surface area contributed by atoms with Gasteiger partial charge in [-0.25, -0.2) is 0 Å². The summed E-state index contributed by atoms with van der Waals surface area (Å²) in [5.41, 5.74) is 10.1. The van der Waals surface area contributed by atoms with Gasteiger partial charge in [0, 0.05) is 34.1 Å². The predicted octanol–water partition coefficient (Wildman–Crippen LogP) is 9.27. The minimum Gasteiger partial charge on any atom is -0.508 e. The maximum Gasteiger partial charge on any atom is 0.118 e. The fourth-order valence-electron chi connectivity index (χ4n) is 4.74. The summed E-state index contributed by atoms with van der Waals surface area (Å²) >= 11 is 0. The van der Waals surface area contributed by atoms with Gasteiger partial charge in [-0.2, -0.15) is 0 Å². The van der Waals surface area contributed by atoms with Crippen molar-refractivity contribution >= 4 is 34.1 Å². The van der Waals surface area contributed by atoms with Crippen molar-refractivity contribution in [1.82, 2.24) is 0 Å². The Hall–Kier alpha value is -4.70. The molecular weight excluding hydrogens is 468 g/mol. The number of aromatic hydroxyl groups is 2. The summed E-state index contributed by atoms with van der Waals surface area (Å²) in [6.45, 7) is 8.00. The van der Waals surface area contributed by atoms with E-state index < -0.39 is 0 Å². The highest BCUT2D eigenvalue weighted by atomic mass is 16.3. The van der Waals surface area contributed by atoms with Crippen LogP contribution in [0.5, 0.6) is 11.5 Å². The zero-order valence-corrected chi connectivity index (χ0v) is 22.2. The van der Waals surface area contributed by atoms with E-state index in [0.717, 1.165) is 45.3 Å². The lowest BCUT2D eigenvalue weighted by atomic mass is 10.1. The van der Waals surface area contributed by atoms with Gasteiger partial charge in [-0.3, -0.25) is 0 Å². The van der Waals surface area contributed by atoms with Gasteiger partial charge < -0.3 is 20.0 Å². The van der Waals surface area contributed by atoms with Gasteiger partial charge in [0.1, 0.15) is 11.5 Å². The smallest absolute Gasteiger partial charge is 0.118 e. The van der Waals surface area contributed by atoms with E-state index in [0.29, 0.717) is 0 Å². The van der Waals surface area contributed by atoms with Crippen LogP contribution in [-0.4, -0.2) is 10.2 Å². The predicted molar refractivity (Wildman–Crippen MR) is 158 cm³/mol. The molecule has 0 saturated carbocycles. The molecule has 4 heteroatoms. The topological polar surface area (TPSA) is 46.9 Å². The van der Waals surface area contributed by atoms with Crippen LogP contribution in [0.3, 0.4) is 0 Å². The molecule has 0 radical (unpaired) electrons. The third kappa shape index (κ3) is 5.07. The standard InChI is InChI=1S/C34H32N2O2/c1-23-7-5-9-29(19-23)35(31-15-17-33(37)25(3)21-31)27-11-13-28(14-12-27)36(30-10-6-8-24(2)20-30)32-16-18-34(38)26(4)22-32/h5-22,37-38H,1-4H3. The second-order valence-corrected chi connectivity index (χ2v) is 9.81. The zero-order chi connectivity index (χ0) is 26.8. The average molecular weight is 501 g/mol. The number of nitrogens with zero attached hydrogens (tertiary/aromatic N) is 2. The molecule has 38 heavy (non-hydrogen) atoms. The molecule has 0 aliphatic carbocycles. The molecule has 0 unspecified atom stereocenters. The summed E-state index contributed by atoms with van der Waals surface area (Å²) in [6, 6.07) is 36.7. The minimum atomic E-state index is 0.284. The summed E-state index contributed by atoms with van der Waals surface area (Å²) in [6.07, 6.45) is 0. The summed E-state index contributed by atoms with van der Waals surface area (Å²) in [4.78, 5) is 4.40. The Kier molecular flexibility index (Phi) is 6.80. The third-order valence-electron chi connectivity index (χ3n) is 6.76. The normalized spacial score (nSPS) is 10.8. The Morgan fingerprint density at radius 2 is 0.737 bits per heavy atom. The van der Waals surface area contributed by atoms with E-state index in [9.17, 15) is 10.2 Å². The highest BCUT2D eigenvalue weighted by Gasteiger charge is 2.17. The van der Waals surface area contributed by atoms with Crippen LogP contribution in [-0.2, 0) is 0 Å². The van der Waals surface area contributed by atoms with Crippen LogP contribution in [0.1, 0.15) is 22.3 Å². The quantitative estimate of drug-likeness (QED) is 0.244. The lowest BCUT2D eigenvalue weighted by molar-refractivity contribution is 0.470. The molecular formula is C34H32N2O2. The molecule has 0 aliphatic rings. The van der Waals surface area contributed by atoms with Gasteiger partial charge in [-0.15, -0.1) is 0 Å². The van der Waals surface area contributed by atoms with Crippen LogP contribution in [0, 0.1) is 27.7 Å². The summed E-state index contributed by atoms with van der Waals surface area (Å²) in [5, 5.41) is 20.3. The zero-order valence-electron chi connectivity index (χ0n) is 22.2. The molecule has 0 bridgehead atoms. The second kappa shape index (κ2) is 10.3. The molecule has 5 rings (SSSR count). The number of phenolic OH excluding ortho intramolecular Hbond substituents is 2. The van der Waals surface area contributed by atoms with E-state index in [2.05, 4.69) is 96.4 Å². The molecule has 0 spiro atoms. The van der Waals surface area contributed by atoms with Crippen LogP contribution in [0.15, 0.2) is 109 Å². The first-order valence-electron chi connectivity index (χ1n) is 12.7. The van der Waals surface area contributed by atoms with E-state index >= 15 is 0 Å². The molecule has 5 aromatic carbocycles. The maximum atomic E-state index is 10.1. The highest BCUT2D eigenvalue weighted by molar-refractivity contribution is 5.82. The average Bonchev–Trinajstić information content (AvgIpc) is 2.90. The number of benzene rings is 5. The van der Waals surface area contributed by atoms with E-state index in [1.807, 2.05) is 38.1 Å². The first kappa shape index (κ1) is 25.0. The van der Waals surface area contributed by atoms with Crippen molar-refractivity contribution < 1.29 is 10.2 Å². The van der Waals surface area contributed by atoms with Crippen molar-refractivity contribution in [3.05, 3.63) is 131 Å². The number of hydrogen-bond donors (Lipinski definition) is 2. The number of phenols is 2. The third-order valence-corrected chi connectivity index (χ3v) is 6.76. The van der Waals surface area contributed by atoms with Crippen LogP contribution >= 0.6 is 0 Å². The van der Waals surface area contributed by atoms with Crippen molar-refractivity contribution in [2.75, 3.05) is 9.80 Å². The fourth-order valence-corrected chi connectivity index (χ4v) is 4.74. The Morgan fingerprint density at radius 3 is 1.08 bits per heavy atom. The van der Waals surface area contributed by atoms with E-state index in [-0.39, 0.29) is 11.5 Å². The van der Waals surface area contributed by atoms with Crippen molar-refractivity contribution in [2.24, 2.45) is 0 Å². The van der Waals surface area contributed by atoms with Gasteiger partial charge in [-0.1, -0.05) is 24.3 Å². The lowest BCUT2D eigenvalue weighted by Crippen LogP contribution is -2.12. The second-order valence-electron chi connectivity index (χ2n) is 9.81. The Bertz CT molecular complexity index is 1470. The van der Waals surface area contributed by atoms with Gasteiger partial charge >= 0.3 is 0 Å². The fraction of sp³-hybridized carbons (Fsp3) is 0.118. The minimum absolute atomic E-state index is 0.284. The number of rotatable bonds is 6. The molecule has 5 aromatic rings. The first-order chi connectivity index (χ1) is 18.3. The monoisotopic (exact) mass is 500 g/mol. The van der Waals surface area contributed by atoms with Crippen LogP contribution < -0.4 is 9.80 Å². The maximum absolute atomic E-state index is 10.1. The van der Waals surface area contributed by atoms with E-state index in [4.69, 9.17) is 0 Å². The van der Waals surface area contributed by atoms with Crippen molar-refractivity contribution in [3.63, 3.8) is 0 Å². The first-order valence-corrected chi connectivity index (χ1v) is 12.7. The van der Waals surface area contributed by atoms with Gasteiger partial charge in [0.15, 0.2) is 0 Å². The molecule has 0 aliphatic heterocycles. The molecule has 0 saturated heterocycles. The largest absolute Gasteiger partial charge is 0.508 e. The summed E-state index contributed by atoms with van der Waals surface area (Å²) in [5.74, 6) is 0.567. The molecule has 0 fully saturated rings. The van der Waals surface area contributed by atoms with Gasteiger partial charge in [-0.05, 0) is 135 Å². The van der Waals surface area contributed by atoms with Gasteiger partial charge in [0.2, 0.25) is 0 Å². The van der Waals surface area contributed by atoms with E-state index in [1.54, 1.807) is 12.1 Å². The Morgan fingerprint density at radius 1 is 0.395 bits per heavy atom. The van der Waals surface area contributed by atoms with Crippen LogP contribution in [0.4, 0.5) is 34.1 Å². The van der Waals surface area contributed by atoms with E-state index in [1.165, 1.54) is 11.1 Å². The Labute approximate surface area is 224 Å². The number of anilines is 6. The SMILES string of the molecule is Cc1cccc(N(c2ccc(N(c3cccc(C)c3)c3ccc(O)c(C)c3)cc2)c2ccc(O)c(C)c2)c1. The molecule has 0 amide bonds. The lowest BCUT2D eigenvalue weighted by Gasteiger charge is -2.29. The molecule has 0 aromatic heterocycles. The number of hydrogen-bond acceptors (Lipinski definition) is 4. The van der Waals surface area contributed by atoms with Crippen LogP contribution in [0.25, 0.3) is 0 Å². The van der Waals surface area contributed by atoms with Crippen molar-refractivity contribution in [2.45, 2.75) is 27.7 Å². The summed E-state index contributed by atoms with van der Waals surface area (Å²) in [7, 11) is 0. The van der Waals surface area contributed by atoms with Crippen molar-refractivity contribution in [3.8, 4) is 11.5 Å². The summed E-state index contributed by atoms with van der Waals surface area (Å²) < 4.78 is 0. The molecule has 4 nitrogen and oxygen atoms in total. The van der Waals surface area contributed by atoms with Crippen LogP contribution in [0.2, 0.25) is 0 Å². The highest BCUT2D eigenvalue weighted by Crippen LogP contribution is 2.40. The molecule has 0 heterocycles. The molecule has 0 atom stereocenters. The van der Waals surface area contributed by atoms with Gasteiger partial charge in [0.25, 0.3) is 0 Å². The van der Waals surface area contributed by atoms with Gasteiger partial charge in [0.05, 0.1) is 0 Å². The van der Waals surface area contributed by atoms with Crippen molar-refractivity contribution in [1.29, 1.82) is 0 Å².